The molecule has 1 fully saturated rings. The molecule has 156 valence electrons. The van der Waals surface area contributed by atoms with Gasteiger partial charge in [-0.2, -0.15) is 0 Å². The Kier molecular flexibility index (Phi) is 7.15. The van der Waals surface area contributed by atoms with Crippen molar-refractivity contribution in [3.63, 3.8) is 0 Å². The number of benzene rings is 2. The van der Waals surface area contributed by atoms with Crippen molar-refractivity contribution in [1.29, 1.82) is 0 Å². The van der Waals surface area contributed by atoms with Crippen LogP contribution in [0.25, 0.3) is 0 Å². The van der Waals surface area contributed by atoms with Gasteiger partial charge in [-0.25, -0.2) is 0 Å². The van der Waals surface area contributed by atoms with Gasteiger partial charge < -0.3 is 19.7 Å². The summed E-state index contributed by atoms with van der Waals surface area (Å²) in [7, 11) is 3.37. The minimum Gasteiger partial charge on any atom is -0.497 e. The zero-order valence-corrected chi connectivity index (χ0v) is 18.0. The van der Waals surface area contributed by atoms with Gasteiger partial charge in [0.05, 0.1) is 26.3 Å². The minimum absolute atomic E-state index is 0.0735. The molecule has 5 heteroatoms. The van der Waals surface area contributed by atoms with Crippen LogP contribution in [0.4, 0.5) is 5.69 Å². The van der Waals surface area contributed by atoms with Crippen LogP contribution in [0.1, 0.15) is 49.4 Å². The third kappa shape index (κ3) is 4.73. The van der Waals surface area contributed by atoms with Crippen LogP contribution in [0.5, 0.6) is 11.5 Å². The van der Waals surface area contributed by atoms with Gasteiger partial charge in [-0.3, -0.25) is 4.79 Å². The third-order valence-corrected chi connectivity index (χ3v) is 5.95. The van der Waals surface area contributed by atoms with E-state index in [0.717, 1.165) is 55.0 Å². The monoisotopic (exact) mass is 397 g/mol. The molecule has 2 N–H and O–H groups in total. The summed E-state index contributed by atoms with van der Waals surface area (Å²) in [5.41, 5.74) is 4.51. The number of quaternary nitrogens is 1. The number of para-hydroxylation sites is 1. The smallest absolute Gasteiger partial charge is 0.279 e. The molecule has 2 atom stereocenters. The lowest BCUT2D eigenvalue weighted by atomic mass is 10.0. The van der Waals surface area contributed by atoms with Crippen molar-refractivity contribution in [2.45, 2.75) is 45.6 Å². The van der Waals surface area contributed by atoms with Crippen LogP contribution < -0.4 is 19.7 Å². The Hall–Kier alpha value is -2.53. The highest BCUT2D eigenvalue weighted by atomic mass is 16.5. The van der Waals surface area contributed by atoms with E-state index in [0.29, 0.717) is 6.54 Å². The molecule has 1 unspecified atom stereocenters. The maximum Gasteiger partial charge on any atom is 0.279 e. The van der Waals surface area contributed by atoms with Crippen molar-refractivity contribution < 1.29 is 19.2 Å². The largest absolute Gasteiger partial charge is 0.497 e. The fraction of sp³-hybridized carbons (Fsp3) is 0.458. The van der Waals surface area contributed by atoms with E-state index in [9.17, 15) is 4.79 Å². The predicted molar refractivity (Wildman–Crippen MR) is 116 cm³/mol. The molecule has 1 heterocycles. The van der Waals surface area contributed by atoms with E-state index in [1.165, 1.54) is 16.0 Å². The van der Waals surface area contributed by atoms with Gasteiger partial charge in [0.25, 0.3) is 5.91 Å². The summed E-state index contributed by atoms with van der Waals surface area (Å²) >= 11 is 0. The molecule has 0 bridgehead atoms. The molecule has 1 saturated heterocycles. The lowest BCUT2D eigenvalue weighted by molar-refractivity contribution is -0.910. The number of anilines is 1. The minimum atomic E-state index is 0.0735. The van der Waals surface area contributed by atoms with Crippen LogP contribution in [-0.4, -0.2) is 33.2 Å². The number of rotatable bonds is 8. The van der Waals surface area contributed by atoms with Gasteiger partial charge in [0.1, 0.15) is 17.5 Å². The first-order chi connectivity index (χ1) is 14.1. The van der Waals surface area contributed by atoms with Gasteiger partial charge in [0, 0.05) is 18.5 Å². The fourth-order valence-corrected chi connectivity index (χ4v) is 4.40. The van der Waals surface area contributed by atoms with Crippen molar-refractivity contribution >= 4 is 11.6 Å². The van der Waals surface area contributed by atoms with Gasteiger partial charge >= 0.3 is 0 Å². The SMILES string of the molecule is CCc1cccc(CC)c1NC(=O)C[NH+]1CCC[C@@H]1c1cc(OC)ccc1OC. The Morgan fingerprint density at radius 2 is 1.83 bits per heavy atom. The average molecular weight is 398 g/mol. The third-order valence-electron chi connectivity index (χ3n) is 5.95. The molecular formula is C24H33N2O3+. The predicted octanol–water partition coefficient (Wildman–Crippen LogP) is 3.19. The van der Waals surface area contributed by atoms with E-state index in [4.69, 9.17) is 9.47 Å². The molecule has 3 rings (SSSR count). The number of aryl methyl sites for hydroxylation is 2. The number of hydrogen-bond acceptors (Lipinski definition) is 3. The van der Waals surface area contributed by atoms with E-state index in [2.05, 4.69) is 37.4 Å². The molecule has 5 nitrogen and oxygen atoms in total. The van der Waals surface area contributed by atoms with Gasteiger partial charge in [-0.1, -0.05) is 32.0 Å². The van der Waals surface area contributed by atoms with E-state index in [1.807, 2.05) is 18.2 Å². The zero-order valence-electron chi connectivity index (χ0n) is 18.0. The fourth-order valence-electron chi connectivity index (χ4n) is 4.40. The Balaban J connectivity index is 1.78. The number of hydrogen-bond donors (Lipinski definition) is 2. The molecular weight excluding hydrogens is 364 g/mol. The van der Waals surface area contributed by atoms with E-state index in [1.54, 1.807) is 14.2 Å². The van der Waals surface area contributed by atoms with Gasteiger partial charge in [0.15, 0.2) is 6.54 Å². The van der Waals surface area contributed by atoms with Crippen molar-refractivity contribution in [1.82, 2.24) is 0 Å². The number of amides is 1. The lowest BCUT2D eigenvalue weighted by Gasteiger charge is -2.24. The summed E-state index contributed by atoms with van der Waals surface area (Å²) in [6.45, 7) is 5.68. The average Bonchev–Trinajstić information content (AvgIpc) is 3.20. The van der Waals surface area contributed by atoms with E-state index >= 15 is 0 Å². The second-order valence-corrected chi connectivity index (χ2v) is 7.59. The summed E-state index contributed by atoms with van der Waals surface area (Å²) < 4.78 is 11.0. The van der Waals surface area contributed by atoms with Crippen molar-refractivity contribution in [2.75, 3.05) is 32.6 Å². The second-order valence-electron chi connectivity index (χ2n) is 7.59. The molecule has 2 aromatic rings. The van der Waals surface area contributed by atoms with E-state index < -0.39 is 0 Å². The molecule has 0 spiro atoms. The second kappa shape index (κ2) is 9.79. The molecule has 29 heavy (non-hydrogen) atoms. The van der Waals surface area contributed by atoms with Gasteiger partial charge in [0.2, 0.25) is 0 Å². The maximum atomic E-state index is 13.0. The Bertz CT molecular complexity index is 828. The Labute approximate surface area is 174 Å². The molecule has 0 aliphatic carbocycles. The standard InChI is InChI=1S/C24H32N2O3/c1-5-17-9-7-10-18(6-2)24(17)25-23(27)16-26-14-8-11-21(26)20-15-19(28-3)12-13-22(20)29-4/h7,9-10,12-13,15,21H,5-6,8,11,14,16H2,1-4H3,(H,25,27)/p+1/t21-/m1/s1. The lowest BCUT2D eigenvalue weighted by Crippen LogP contribution is -3.11. The normalized spacial score (nSPS) is 18.5. The number of nitrogens with one attached hydrogen (secondary N) is 2. The van der Waals surface area contributed by atoms with E-state index in [-0.39, 0.29) is 11.9 Å². The quantitative estimate of drug-likeness (QED) is 0.719. The summed E-state index contributed by atoms with van der Waals surface area (Å²) in [5, 5.41) is 3.22. The highest BCUT2D eigenvalue weighted by Crippen LogP contribution is 2.31. The molecule has 1 amide bonds. The number of carbonyl (C=O) groups is 1. The van der Waals surface area contributed by atoms with Gasteiger partial charge in [-0.05, 0) is 42.2 Å². The topological polar surface area (TPSA) is 52.0 Å². The first-order valence-electron chi connectivity index (χ1n) is 10.6. The van der Waals surface area contributed by atoms with Crippen LogP contribution in [0, 0.1) is 0 Å². The summed E-state index contributed by atoms with van der Waals surface area (Å²) in [5.74, 6) is 1.76. The molecule has 0 aromatic heterocycles. The highest BCUT2D eigenvalue weighted by molar-refractivity contribution is 5.93. The highest BCUT2D eigenvalue weighted by Gasteiger charge is 2.34. The van der Waals surface area contributed by atoms with Gasteiger partial charge in [-0.15, -0.1) is 0 Å². The number of methoxy groups -OCH3 is 2. The molecule has 1 aliphatic heterocycles. The summed E-state index contributed by atoms with van der Waals surface area (Å²) in [4.78, 5) is 14.3. The van der Waals surface area contributed by atoms with Crippen molar-refractivity contribution in [2.24, 2.45) is 0 Å². The Morgan fingerprint density at radius 3 is 2.45 bits per heavy atom. The molecule has 0 saturated carbocycles. The summed E-state index contributed by atoms with van der Waals surface area (Å²) in [6, 6.07) is 12.4. The molecule has 2 aromatic carbocycles. The Morgan fingerprint density at radius 1 is 1.10 bits per heavy atom. The van der Waals surface area contributed by atoms with Crippen LogP contribution in [0.15, 0.2) is 36.4 Å². The molecule has 0 radical (unpaired) electrons. The molecule has 1 aliphatic rings. The van der Waals surface area contributed by atoms with Crippen LogP contribution >= 0.6 is 0 Å². The first kappa shape index (κ1) is 21.2. The number of likely N-dealkylation sites (tertiary alicyclic amines) is 1. The maximum absolute atomic E-state index is 13.0. The van der Waals surface area contributed by atoms with Crippen LogP contribution in [0.3, 0.4) is 0 Å². The van der Waals surface area contributed by atoms with Crippen LogP contribution in [-0.2, 0) is 17.6 Å². The zero-order chi connectivity index (χ0) is 20.8. The first-order valence-corrected chi connectivity index (χ1v) is 10.6. The van der Waals surface area contributed by atoms with Crippen molar-refractivity contribution in [3.8, 4) is 11.5 Å². The number of carbonyl (C=O) groups excluding carboxylic acids is 1. The van der Waals surface area contributed by atoms with Crippen LogP contribution in [0.2, 0.25) is 0 Å². The number of ether oxygens (including phenoxy) is 2. The van der Waals surface area contributed by atoms with Crippen molar-refractivity contribution in [3.05, 3.63) is 53.1 Å². The summed E-state index contributed by atoms with van der Waals surface area (Å²) in [6.07, 6.45) is 3.95.